The first-order valence-electron chi connectivity index (χ1n) is 9.53. The number of piperazine rings is 1. The van der Waals surface area contributed by atoms with Crippen LogP contribution in [0.2, 0.25) is 0 Å². The molecule has 3 heterocycles. The number of aromatic nitrogens is 1. The van der Waals surface area contributed by atoms with Crippen molar-refractivity contribution in [1.82, 2.24) is 25.0 Å². The first-order valence-corrected chi connectivity index (χ1v) is 9.53. The highest BCUT2D eigenvalue weighted by atomic mass is 16.2. The fourth-order valence-corrected chi connectivity index (χ4v) is 3.57. The number of aliphatic imine (C=N–C) groups is 1. The zero-order valence-electron chi connectivity index (χ0n) is 15.9. The van der Waals surface area contributed by atoms with E-state index in [1.807, 2.05) is 24.2 Å². The molecule has 1 amide bonds. The fourth-order valence-electron chi connectivity index (χ4n) is 3.57. The van der Waals surface area contributed by atoms with Crippen LogP contribution in [0.1, 0.15) is 24.1 Å². The Morgan fingerprint density at radius 3 is 2.54 bits per heavy atom. The predicted octanol–water partition coefficient (Wildman–Crippen LogP) is 0.705. The van der Waals surface area contributed by atoms with Gasteiger partial charge in [-0.3, -0.25) is 19.7 Å². The van der Waals surface area contributed by atoms with Gasteiger partial charge in [-0.25, -0.2) is 0 Å². The van der Waals surface area contributed by atoms with E-state index in [1.54, 1.807) is 0 Å². The van der Waals surface area contributed by atoms with E-state index in [1.165, 1.54) is 5.56 Å². The standard InChI is InChI=1S/C19H30N6O/c1-16-6-5-7-21-17(16)14-22-19(20-2)25-12-10-23(11-13-25)15-18(26)24-8-3-4-9-24/h5-7H,3-4,8-15H2,1-2H3,(H,20,22). The van der Waals surface area contributed by atoms with Gasteiger partial charge in [0.05, 0.1) is 18.8 Å². The highest BCUT2D eigenvalue weighted by molar-refractivity contribution is 5.80. The molecule has 1 aromatic heterocycles. The molecule has 7 nitrogen and oxygen atoms in total. The largest absolute Gasteiger partial charge is 0.351 e. The summed E-state index contributed by atoms with van der Waals surface area (Å²) in [6, 6.07) is 4.03. The molecule has 0 aliphatic carbocycles. The van der Waals surface area contributed by atoms with Crippen LogP contribution in [0.5, 0.6) is 0 Å². The lowest BCUT2D eigenvalue weighted by molar-refractivity contribution is -0.131. The third-order valence-electron chi connectivity index (χ3n) is 5.23. The summed E-state index contributed by atoms with van der Waals surface area (Å²) in [4.78, 5) is 27.7. The molecular weight excluding hydrogens is 328 g/mol. The number of hydrogen-bond acceptors (Lipinski definition) is 4. The van der Waals surface area contributed by atoms with Crippen molar-refractivity contribution in [3.8, 4) is 0 Å². The number of nitrogens with one attached hydrogen (secondary N) is 1. The summed E-state index contributed by atoms with van der Waals surface area (Å²) < 4.78 is 0. The van der Waals surface area contributed by atoms with Gasteiger partial charge in [-0.15, -0.1) is 0 Å². The Balaban J connectivity index is 1.45. The third-order valence-corrected chi connectivity index (χ3v) is 5.23. The van der Waals surface area contributed by atoms with E-state index in [9.17, 15) is 4.79 Å². The van der Waals surface area contributed by atoms with Crippen LogP contribution in [-0.4, -0.2) is 84.4 Å². The number of aryl methyl sites for hydroxylation is 1. The average Bonchev–Trinajstić information content (AvgIpc) is 3.20. The Morgan fingerprint density at radius 1 is 1.15 bits per heavy atom. The van der Waals surface area contributed by atoms with E-state index in [0.29, 0.717) is 13.1 Å². The summed E-state index contributed by atoms with van der Waals surface area (Å²) >= 11 is 0. The van der Waals surface area contributed by atoms with Crippen LogP contribution >= 0.6 is 0 Å². The zero-order chi connectivity index (χ0) is 18.4. The van der Waals surface area contributed by atoms with Crippen molar-refractivity contribution in [2.75, 3.05) is 52.9 Å². The van der Waals surface area contributed by atoms with Crippen LogP contribution in [0.4, 0.5) is 0 Å². The number of pyridine rings is 1. The highest BCUT2D eigenvalue weighted by Crippen LogP contribution is 2.10. The smallest absolute Gasteiger partial charge is 0.236 e. The van der Waals surface area contributed by atoms with Crippen molar-refractivity contribution in [2.24, 2.45) is 4.99 Å². The van der Waals surface area contributed by atoms with Crippen LogP contribution in [-0.2, 0) is 11.3 Å². The first-order chi connectivity index (χ1) is 12.7. The third kappa shape index (κ3) is 4.72. The summed E-state index contributed by atoms with van der Waals surface area (Å²) in [5.41, 5.74) is 2.23. The van der Waals surface area contributed by atoms with Crippen LogP contribution in [0.25, 0.3) is 0 Å². The lowest BCUT2D eigenvalue weighted by atomic mass is 10.2. The van der Waals surface area contributed by atoms with Gasteiger partial charge in [0.1, 0.15) is 0 Å². The summed E-state index contributed by atoms with van der Waals surface area (Å²) in [5.74, 6) is 1.18. The topological polar surface area (TPSA) is 64.1 Å². The number of carbonyl (C=O) groups excluding carboxylic acids is 1. The van der Waals surface area contributed by atoms with Gasteiger partial charge in [0.2, 0.25) is 5.91 Å². The van der Waals surface area contributed by atoms with Gasteiger partial charge >= 0.3 is 0 Å². The van der Waals surface area contributed by atoms with E-state index < -0.39 is 0 Å². The Morgan fingerprint density at radius 2 is 1.88 bits per heavy atom. The Hall–Kier alpha value is -2.15. The molecule has 1 N–H and O–H groups in total. The number of amides is 1. The molecule has 0 saturated carbocycles. The number of guanidine groups is 1. The van der Waals surface area contributed by atoms with Gasteiger partial charge in [0.15, 0.2) is 5.96 Å². The van der Waals surface area contributed by atoms with E-state index in [2.05, 4.69) is 38.1 Å². The van der Waals surface area contributed by atoms with Gasteiger partial charge in [0.25, 0.3) is 0 Å². The van der Waals surface area contributed by atoms with E-state index in [4.69, 9.17) is 0 Å². The molecule has 0 bridgehead atoms. The number of carbonyl (C=O) groups is 1. The van der Waals surface area contributed by atoms with Crippen LogP contribution in [0, 0.1) is 6.92 Å². The lowest BCUT2D eigenvalue weighted by Gasteiger charge is -2.36. The van der Waals surface area contributed by atoms with Gasteiger partial charge in [-0.2, -0.15) is 0 Å². The van der Waals surface area contributed by atoms with Gasteiger partial charge < -0.3 is 15.1 Å². The maximum Gasteiger partial charge on any atom is 0.236 e. The molecule has 0 atom stereocenters. The second kappa shape index (κ2) is 8.98. The summed E-state index contributed by atoms with van der Waals surface area (Å²) in [6.45, 7) is 8.71. The summed E-state index contributed by atoms with van der Waals surface area (Å²) in [7, 11) is 1.82. The number of hydrogen-bond donors (Lipinski definition) is 1. The molecule has 0 radical (unpaired) electrons. The molecule has 2 saturated heterocycles. The normalized spacial score (nSPS) is 19.1. The molecule has 26 heavy (non-hydrogen) atoms. The maximum absolute atomic E-state index is 12.3. The molecular formula is C19H30N6O. The summed E-state index contributed by atoms with van der Waals surface area (Å²) in [5, 5.41) is 3.42. The predicted molar refractivity (Wildman–Crippen MR) is 103 cm³/mol. The van der Waals surface area contributed by atoms with Crippen molar-refractivity contribution in [2.45, 2.75) is 26.3 Å². The maximum atomic E-state index is 12.3. The van der Waals surface area contributed by atoms with Gasteiger partial charge in [-0.1, -0.05) is 6.07 Å². The van der Waals surface area contributed by atoms with E-state index in [0.717, 1.165) is 63.8 Å². The molecule has 3 rings (SSSR count). The number of rotatable bonds is 4. The molecule has 142 valence electrons. The monoisotopic (exact) mass is 358 g/mol. The van der Waals surface area contributed by atoms with Crippen molar-refractivity contribution < 1.29 is 4.79 Å². The molecule has 2 aliphatic rings. The molecule has 7 heteroatoms. The van der Waals surface area contributed by atoms with E-state index in [-0.39, 0.29) is 5.91 Å². The van der Waals surface area contributed by atoms with Crippen molar-refractivity contribution in [1.29, 1.82) is 0 Å². The van der Waals surface area contributed by atoms with Crippen LogP contribution in [0.3, 0.4) is 0 Å². The van der Waals surface area contributed by atoms with Crippen molar-refractivity contribution in [3.05, 3.63) is 29.6 Å². The molecule has 1 aromatic rings. The van der Waals surface area contributed by atoms with Crippen LogP contribution in [0.15, 0.2) is 23.3 Å². The SMILES string of the molecule is CN=C(NCc1ncccc1C)N1CCN(CC(=O)N2CCCC2)CC1. The molecule has 0 spiro atoms. The molecule has 0 unspecified atom stereocenters. The molecule has 2 aliphatic heterocycles. The van der Waals surface area contributed by atoms with Gasteiger partial charge in [0, 0.05) is 52.5 Å². The van der Waals surface area contributed by atoms with Crippen molar-refractivity contribution >= 4 is 11.9 Å². The quantitative estimate of drug-likeness (QED) is 0.634. The Bertz CT molecular complexity index is 633. The second-order valence-electron chi connectivity index (χ2n) is 7.02. The second-order valence-corrected chi connectivity index (χ2v) is 7.02. The fraction of sp³-hybridized carbons (Fsp3) is 0.632. The summed E-state index contributed by atoms with van der Waals surface area (Å²) in [6.07, 6.45) is 4.12. The minimum absolute atomic E-state index is 0.282. The highest BCUT2D eigenvalue weighted by Gasteiger charge is 2.24. The Kier molecular flexibility index (Phi) is 6.44. The minimum atomic E-state index is 0.282. The zero-order valence-corrected chi connectivity index (χ0v) is 15.9. The average molecular weight is 358 g/mol. The minimum Gasteiger partial charge on any atom is -0.351 e. The molecule has 0 aromatic carbocycles. The first kappa shape index (κ1) is 18.6. The number of likely N-dealkylation sites (tertiary alicyclic amines) is 1. The Labute approximate surface area is 156 Å². The number of nitrogens with zero attached hydrogens (tertiary/aromatic N) is 5. The van der Waals surface area contributed by atoms with Crippen molar-refractivity contribution in [3.63, 3.8) is 0 Å². The van der Waals surface area contributed by atoms with Crippen LogP contribution < -0.4 is 5.32 Å². The van der Waals surface area contributed by atoms with E-state index >= 15 is 0 Å². The lowest BCUT2D eigenvalue weighted by Crippen LogP contribution is -2.54. The van der Waals surface area contributed by atoms with Gasteiger partial charge in [-0.05, 0) is 31.4 Å². The molecule has 2 fully saturated rings.